The SMILES string of the molecule is N#Cc1cncc(N2CCC[C@@H](Oc3ncccc3F)C2)n1. The number of rotatable bonds is 3. The average Bonchev–Trinajstić information content (AvgIpc) is 2.57. The van der Waals surface area contributed by atoms with Gasteiger partial charge in [-0.2, -0.15) is 5.26 Å². The summed E-state index contributed by atoms with van der Waals surface area (Å²) in [7, 11) is 0. The first-order chi connectivity index (χ1) is 10.8. The van der Waals surface area contributed by atoms with Gasteiger partial charge >= 0.3 is 0 Å². The lowest BCUT2D eigenvalue weighted by atomic mass is 10.1. The summed E-state index contributed by atoms with van der Waals surface area (Å²) in [5, 5.41) is 8.89. The molecule has 112 valence electrons. The van der Waals surface area contributed by atoms with Gasteiger partial charge in [-0.1, -0.05) is 0 Å². The largest absolute Gasteiger partial charge is 0.470 e. The standard InChI is InChI=1S/C15H14FN5O/c16-13-4-1-5-19-15(13)22-12-3-2-6-21(10-12)14-9-18-8-11(7-17)20-14/h1,4-5,8-9,12H,2-3,6,10H2/t12-/m1/s1. The van der Waals surface area contributed by atoms with Crippen LogP contribution in [0.4, 0.5) is 10.2 Å². The molecule has 1 aliphatic rings. The van der Waals surface area contributed by atoms with Crippen LogP contribution in [0.25, 0.3) is 0 Å². The van der Waals surface area contributed by atoms with Gasteiger partial charge in [0.05, 0.1) is 18.9 Å². The minimum atomic E-state index is -0.467. The van der Waals surface area contributed by atoms with Crippen molar-refractivity contribution in [1.29, 1.82) is 5.26 Å². The van der Waals surface area contributed by atoms with Crippen LogP contribution in [0.15, 0.2) is 30.7 Å². The molecule has 3 rings (SSSR count). The molecule has 6 nitrogen and oxygen atoms in total. The molecule has 0 radical (unpaired) electrons. The number of hydrogen-bond acceptors (Lipinski definition) is 6. The van der Waals surface area contributed by atoms with Crippen molar-refractivity contribution >= 4 is 5.82 Å². The summed E-state index contributed by atoms with van der Waals surface area (Å²) in [5.74, 6) is 0.186. The lowest BCUT2D eigenvalue weighted by molar-refractivity contribution is 0.164. The summed E-state index contributed by atoms with van der Waals surface area (Å²) in [5.41, 5.74) is 0.274. The van der Waals surface area contributed by atoms with Crippen LogP contribution in [0.3, 0.4) is 0 Å². The molecule has 0 amide bonds. The molecular weight excluding hydrogens is 285 g/mol. The summed E-state index contributed by atoms with van der Waals surface area (Å²) in [4.78, 5) is 14.1. The second-order valence-electron chi connectivity index (χ2n) is 4.99. The first-order valence-corrected chi connectivity index (χ1v) is 7.00. The maximum atomic E-state index is 13.6. The Kier molecular flexibility index (Phi) is 4.10. The van der Waals surface area contributed by atoms with Crippen LogP contribution in [-0.2, 0) is 0 Å². The molecule has 0 unspecified atom stereocenters. The fraction of sp³-hybridized carbons (Fsp3) is 0.333. The zero-order chi connectivity index (χ0) is 15.4. The Bertz CT molecular complexity index is 702. The van der Waals surface area contributed by atoms with Crippen LogP contribution in [0.1, 0.15) is 18.5 Å². The molecule has 0 saturated carbocycles. The molecule has 0 aliphatic carbocycles. The Balaban J connectivity index is 1.71. The number of halogens is 1. The minimum absolute atomic E-state index is 0.0196. The molecule has 2 aromatic heterocycles. The highest BCUT2D eigenvalue weighted by Crippen LogP contribution is 2.22. The predicted molar refractivity (Wildman–Crippen MR) is 76.8 cm³/mol. The highest BCUT2D eigenvalue weighted by atomic mass is 19.1. The molecular formula is C15H14FN5O. The third kappa shape index (κ3) is 3.11. The number of aromatic nitrogens is 3. The summed E-state index contributed by atoms with van der Waals surface area (Å²) < 4.78 is 19.3. The number of ether oxygens (including phenoxy) is 1. The van der Waals surface area contributed by atoms with Crippen molar-refractivity contribution in [3.05, 3.63) is 42.2 Å². The van der Waals surface area contributed by atoms with Crippen molar-refractivity contribution < 1.29 is 9.13 Å². The Morgan fingerprint density at radius 1 is 1.41 bits per heavy atom. The Hall–Kier alpha value is -2.75. The maximum absolute atomic E-state index is 13.6. The van der Waals surface area contributed by atoms with Gasteiger partial charge in [-0.25, -0.2) is 14.4 Å². The van der Waals surface area contributed by atoms with Crippen LogP contribution >= 0.6 is 0 Å². The molecule has 0 bridgehead atoms. The highest BCUT2D eigenvalue weighted by Gasteiger charge is 2.24. The zero-order valence-corrected chi connectivity index (χ0v) is 11.8. The molecule has 22 heavy (non-hydrogen) atoms. The number of piperidine rings is 1. The van der Waals surface area contributed by atoms with Gasteiger partial charge in [0.15, 0.2) is 11.5 Å². The molecule has 1 aliphatic heterocycles. The number of hydrogen-bond donors (Lipinski definition) is 0. The van der Waals surface area contributed by atoms with E-state index in [9.17, 15) is 4.39 Å². The smallest absolute Gasteiger partial charge is 0.250 e. The van der Waals surface area contributed by atoms with Crippen LogP contribution in [0, 0.1) is 17.1 Å². The first-order valence-electron chi connectivity index (χ1n) is 7.00. The van der Waals surface area contributed by atoms with E-state index in [2.05, 4.69) is 15.0 Å². The quantitative estimate of drug-likeness (QED) is 0.862. The van der Waals surface area contributed by atoms with E-state index in [0.717, 1.165) is 19.4 Å². The summed E-state index contributed by atoms with van der Waals surface area (Å²) in [6, 6.07) is 4.82. The normalized spacial score (nSPS) is 17.8. The number of nitriles is 1. The van der Waals surface area contributed by atoms with E-state index >= 15 is 0 Å². The first kappa shape index (κ1) is 14.2. The van der Waals surface area contributed by atoms with Gasteiger partial charge in [0.25, 0.3) is 5.88 Å². The van der Waals surface area contributed by atoms with Crippen molar-refractivity contribution in [2.24, 2.45) is 0 Å². The van der Waals surface area contributed by atoms with Crippen LogP contribution < -0.4 is 9.64 Å². The molecule has 1 saturated heterocycles. The van der Waals surface area contributed by atoms with Gasteiger partial charge in [0.1, 0.15) is 18.0 Å². The zero-order valence-electron chi connectivity index (χ0n) is 11.8. The van der Waals surface area contributed by atoms with Gasteiger partial charge in [0, 0.05) is 12.7 Å². The van der Waals surface area contributed by atoms with Crippen molar-refractivity contribution in [2.45, 2.75) is 18.9 Å². The lowest BCUT2D eigenvalue weighted by Crippen LogP contribution is -2.42. The van der Waals surface area contributed by atoms with Gasteiger partial charge in [-0.3, -0.25) is 4.98 Å². The van der Waals surface area contributed by atoms with E-state index in [0.29, 0.717) is 12.4 Å². The van der Waals surface area contributed by atoms with Crippen LogP contribution in [0.2, 0.25) is 0 Å². The lowest BCUT2D eigenvalue weighted by Gasteiger charge is -2.33. The van der Waals surface area contributed by atoms with E-state index in [1.165, 1.54) is 24.5 Å². The molecule has 0 N–H and O–H groups in total. The monoisotopic (exact) mass is 299 g/mol. The fourth-order valence-electron chi connectivity index (χ4n) is 2.42. The fourth-order valence-corrected chi connectivity index (χ4v) is 2.42. The van der Waals surface area contributed by atoms with Crippen molar-refractivity contribution in [1.82, 2.24) is 15.0 Å². The third-order valence-corrected chi connectivity index (χ3v) is 3.44. The van der Waals surface area contributed by atoms with E-state index < -0.39 is 5.82 Å². The van der Waals surface area contributed by atoms with E-state index in [4.69, 9.17) is 10.00 Å². The predicted octanol–water partition coefficient (Wildman–Crippen LogP) is 1.93. The maximum Gasteiger partial charge on any atom is 0.250 e. The van der Waals surface area contributed by atoms with Gasteiger partial charge in [0.2, 0.25) is 0 Å². The summed E-state index contributed by atoms with van der Waals surface area (Å²) in [6.07, 6.45) is 6.07. The van der Waals surface area contributed by atoms with Crippen LogP contribution in [-0.4, -0.2) is 34.1 Å². The topological polar surface area (TPSA) is 74.9 Å². The summed E-state index contributed by atoms with van der Waals surface area (Å²) in [6.45, 7) is 1.35. The second kappa shape index (κ2) is 6.35. The summed E-state index contributed by atoms with van der Waals surface area (Å²) >= 11 is 0. The van der Waals surface area contributed by atoms with Crippen molar-refractivity contribution in [2.75, 3.05) is 18.0 Å². The van der Waals surface area contributed by atoms with Gasteiger partial charge in [-0.15, -0.1) is 0 Å². The third-order valence-electron chi connectivity index (χ3n) is 3.44. The molecule has 3 heterocycles. The van der Waals surface area contributed by atoms with E-state index in [1.807, 2.05) is 11.0 Å². The van der Waals surface area contributed by atoms with E-state index in [1.54, 1.807) is 6.20 Å². The molecule has 1 fully saturated rings. The Labute approximate surface area is 127 Å². The minimum Gasteiger partial charge on any atom is -0.470 e. The van der Waals surface area contributed by atoms with Gasteiger partial charge in [-0.05, 0) is 25.0 Å². The molecule has 1 atom stereocenters. The average molecular weight is 299 g/mol. The number of anilines is 1. The van der Waals surface area contributed by atoms with E-state index in [-0.39, 0.29) is 17.7 Å². The molecule has 0 aromatic carbocycles. The highest BCUT2D eigenvalue weighted by molar-refractivity contribution is 5.39. The Morgan fingerprint density at radius 3 is 3.14 bits per heavy atom. The molecule has 7 heteroatoms. The van der Waals surface area contributed by atoms with Crippen molar-refractivity contribution in [3.8, 4) is 11.9 Å². The van der Waals surface area contributed by atoms with Crippen molar-refractivity contribution in [3.63, 3.8) is 0 Å². The van der Waals surface area contributed by atoms with Gasteiger partial charge < -0.3 is 9.64 Å². The number of pyridine rings is 1. The molecule has 0 spiro atoms. The number of nitrogens with zero attached hydrogens (tertiary/aromatic N) is 5. The second-order valence-corrected chi connectivity index (χ2v) is 4.99. The van der Waals surface area contributed by atoms with Crippen LogP contribution in [0.5, 0.6) is 5.88 Å². The Morgan fingerprint density at radius 2 is 2.32 bits per heavy atom. The molecule has 2 aromatic rings.